The predicted octanol–water partition coefficient (Wildman–Crippen LogP) is 3.97. The summed E-state index contributed by atoms with van der Waals surface area (Å²) in [5.41, 5.74) is 2.14. The molecule has 1 atom stereocenters. The predicted molar refractivity (Wildman–Crippen MR) is 120 cm³/mol. The van der Waals surface area contributed by atoms with E-state index in [9.17, 15) is 14.7 Å². The number of H-pyrrole nitrogens is 1. The Balaban J connectivity index is 1.36. The Morgan fingerprint density at radius 3 is 2.87 bits per heavy atom. The molecular weight excluding hydrogens is 416 g/mol. The van der Waals surface area contributed by atoms with Crippen LogP contribution in [0.25, 0.3) is 10.9 Å². The van der Waals surface area contributed by atoms with Crippen LogP contribution >= 0.6 is 11.6 Å². The Labute approximate surface area is 185 Å². The minimum atomic E-state index is -0.214. The second kappa shape index (κ2) is 8.89. The fourth-order valence-electron chi connectivity index (χ4n) is 4.00. The molecule has 1 fully saturated rings. The van der Waals surface area contributed by atoms with Crippen LogP contribution in [0.3, 0.4) is 0 Å². The standard InChI is InChI=1S/C23H25ClN4O3/c1-27(23(31)25-13-17-12-15-11-16(24)8-9-20(15)26-17)18-5-4-10-28(14-18)22(30)19-6-2-3-7-21(19)29/h2-3,6-9,11-12,18,26,29H,4-5,10,13-14H2,1H3,(H,25,31)/t18-/m1/s1. The van der Waals surface area contributed by atoms with Crippen LogP contribution in [-0.2, 0) is 6.54 Å². The minimum Gasteiger partial charge on any atom is -0.507 e. The van der Waals surface area contributed by atoms with E-state index in [1.54, 1.807) is 35.0 Å². The van der Waals surface area contributed by atoms with Gasteiger partial charge in [0, 0.05) is 41.8 Å². The van der Waals surface area contributed by atoms with Crippen molar-refractivity contribution in [2.45, 2.75) is 25.4 Å². The first-order valence-corrected chi connectivity index (χ1v) is 10.7. The van der Waals surface area contributed by atoms with Crippen molar-refractivity contribution in [3.8, 4) is 5.75 Å². The summed E-state index contributed by atoms with van der Waals surface area (Å²) >= 11 is 6.03. The molecule has 0 spiro atoms. The number of benzene rings is 2. The third-order valence-corrected chi connectivity index (χ3v) is 5.99. The van der Waals surface area contributed by atoms with Gasteiger partial charge in [-0.25, -0.2) is 4.79 Å². The van der Waals surface area contributed by atoms with Gasteiger partial charge in [-0.1, -0.05) is 23.7 Å². The first-order chi connectivity index (χ1) is 14.9. The molecule has 1 saturated heterocycles. The van der Waals surface area contributed by atoms with Crippen molar-refractivity contribution >= 4 is 34.4 Å². The van der Waals surface area contributed by atoms with Crippen LogP contribution in [0.4, 0.5) is 4.79 Å². The topological polar surface area (TPSA) is 88.7 Å². The average molecular weight is 441 g/mol. The van der Waals surface area contributed by atoms with Crippen molar-refractivity contribution in [2.24, 2.45) is 0 Å². The highest BCUT2D eigenvalue weighted by molar-refractivity contribution is 6.31. The number of carbonyl (C=O) groups excluding carboxylic acids is 2. The fourth-order valence-corrected chi connectivity index (χ4v) is 4.18. The van der Waals surface area contributed by atoms with E-state index in [2.05, 4.69) is 10.3 Å². The molecule has 0 unspecified atom stereocenters. The van der Waals surface area contributed by atoms with Crippen molar-refractivity contribution in [2.75, 3.05) is 20.1 Å². The second-order valence-electron chi connectivity index (χ2n) is 7.86. The van der Waals surface area contributed by atoms with Crippen molar-refractivity contribution in [1.82, 2.24) is 20.1 Å². The molecule has 1 aliphatic rings. The SMILES string of the molecule is CN(C(=O)NCc1cc2cc(Cl)ccc2[nH]1)[C@@H]1CCCN(C(=O)c2ccccc2O)C1. The van der Waals surface area contributed by atoms with E-state index in [0.717, 1.165) is 29.4 Å². The van der Waals surface area contributed by atoms with E-state index in [1.807, 2.05) is 24.3 Å². The number of amides is 3. The van der Waals surface area contributed by atoms with E-state index in [0.29, 0.717) is 24.7 Å². The van der Waals surface area contributed by atoms with Crippen LogP contribution in [0.1, 0.15) is 28.9 Å². The number of urea groups is 1. The van der Waals surface area contributed by atoms with Gasteiger partial charge in [-0.3, -0.25) is 4.79 Å². The van der Waals surface area contributed by atoms with Gasteiger partial charge < -0.3 is 25.2 Å². The Bertz CT molecular complexity index is 1110. The molecule has 0 bridgehead atoms. The van der Waals surface area contributed by atoms with Crippen molar-refractivity contribution in [1.29, 1.82) is 0 Å². The van der Waals surface area contributed by atoms with Gasteiger partial charge >= 0.3 is 6.03 Å². The number of rotatable bonds is 4. The van der Waals surface area contributed by atoms with Crippen LogP contribution in [0.5, 0.6) is 5.75 Å². The summed E-state index contributed by atoms with van der Waals surface area (Å²) in [6.07, 6.45) is 1.61. The third-order valence-electron chi connectivity index (χ3n) is 5.75. The Morgan fingerprint density at radius 2 is 2.06 bits per heavy atom. The number of para-hydroxylation sites is 1. The normalized spacial score (nSPS) is 16.3. The molecule has 3 amide bonds. The first-order valence-electron chi connectivity index (χ1n) is 10.3. The first kappa shape index (κ1) is 21.1. The molecule has 162 valence electrons. The number of fused-ring (bicyclic) bond motifs is 1. The minimum absolute atomic E-state index is 0.0275. The summed E-state index contributed by atoms with van der Waals surface area (Å²) in [4.78, 5) is 32.2. The number of aromatic nitrogens is 1. The Hall–Kier alpha value is -3.19. The molecule has 2 aromatic carbocycles. The van der Waals surface area contributed by atoms with Crippen molar-refractivity contribution in [3.05, 3.63) is 64.8 Å². The number of aromatic hydroxyl groups is 1. The van der Waals surface area contributed by atoms with E-state index in [1.165, 1.54) is 6.07 Å². The highest BCUT2D eigenvalue weighted by atomic mass is 35.5. The number of hydrogen-bond acceptors (Lipinski definition) is 3. The van der Waals surface area contributed by atoms with Gasteiger partial charge in [0.25, 0.3) is 5.91 Å². The van der Waals surface area contributed by atoms with Crippen LogP contribution in [0.15, 0.2) is 48.5 Å². The molecule has 2 heterocycles. The lowest BCUT2D eigenvalue weighted by molar-refractivity contribution is 0.0633. The zero-order valence-electron chi connectivity index (χ0n) is 17.3. The quantitative estimate of drug-likeness (QED) is 0.573. The van der Waals surface area contributed by atoms with Gasteiger partial charge in [0.2, 0.25) is 0 Å². The summed E-state index contributed by atoms with van der Waals surface area (Å²) in [7, 11) is 1.75. The smallest absolute Gasteiger partial charge is 0.317 e. The number of likely N-dealkylation sites (tertiary alicyclic amines) is 1. The van der Waals surface area contributed by atoms with Gasteiger partial charge in [0.05, 0.1) is 18.2 Å². The highest BCUT2D eigenvalue weighted by Crippen LogP contribution is 2.23. The summed E-state index contributed by atoms with van der Waals surface area (Å²) in [5.74, 6) is -0.242. The van der Waals surface area contributed by atoms with Gasteiger partial charge in [0.15, 0.2) is 0 Å². The van der Waals surface area contributed by atoms with Gasteiger partial charge in [0.1, 0.15) is 5.75 Å². The maximum atomic E-state index is 12.8. The number of aromatic amines is 1. The molecule has 4 rings (SSSR count). The lowest BCUT2D eigenvalue weighted by Crippen LogP contribution is -2.52. The average Bonchev–Trinajstić information content (AvgIpc) is 3.19. The van der Waals surface area contributed by atoms with Crippen molar-refractivity contribution < 1.29 is 14.7 Å². The molecule has 3 N–H and O–H groups in total. The highest BCUT2D eigenvalue weighted by Gasteiger charge is 2.29. The van der Waals surface area contributed by atoms with Crippen LogP contribution in [0, 0.1) is 0 Å². The number of nitrogens with zero attached hydrogens (tertiary/aromatic N) is 2. The second-order valence-corrected chi connectivity index (χ2v) is 8.30. The molecule has 0 radical (unpaired) electrons. The van der Waals surface area contributed by atoms with Crippen LogP contribution in [0.2, 0.25) is 5.02 Å². The molecule has 0 saturated carbocycles. The van der Waals surface area contributed by atoms with E-state index >= 15 is 0 Å². The number of hydrogen-bond donors (Lipinski definition) is 3. The van der Waals surface area contributed by atoms with E-state index < -0.39 is 0 Å². The van der Waals surface area contributed by atoms with Crippen molar-refractivity contribution in [3.63, 3.8) is 0 Å². The molecule has 1 aliphatic heterocycles. The number of phenols is 1. The number of halogens is 1. The number of nitrogens with one attached hydrogen (secondary N) is 2. The number of likely N-dealkylation sites (N-methyl/N-ethyl adjacent to an activating group) is 1. The zero-order chi connectivity index (χ0) is 22.0. The summed E-state index contributed by atoms with van der Waals surface area (Å²) < 4.78 is 0. The lowest BCUT2D eigenvalue weighted by atomic mass is 10.0. The van der Waals surface area contributed by atoms with E-state index in [4.69, 9.17) is 11.6 Å². The maximum absolute atomic E-state index is 12.8. The van der Waals surface area contributed by atoms with Crippen LogP contribution in [-0.4, -0.2) is 58.0 Å². The molecule has 0 aliphatic carbocycles. The molecule has 8 heteroatoms. The number of phenolic OH excluding ortho intramolecular Hbond substituents is 1. The molecule has 31 heavy (non-hydrogen) atoms. The Kier molecular flexibility index (Phi) is 6.04. The van der Waals surface area contributed by atoms with E-state index in [-0.39, 0.29) is 29.3 Å². The molecule has 7 nitrogen and oxygen atoms in total. The summed E-state index contributed by atoms with van der Waals surface area (Å²) in [6.45, 7) is 1.40. The zero-order valence-corrected chi connectivity index (χ0v) is 18.0. The third kappa shape index (κ3) is 4.61. The largest absolute Gasteiger partial charge is 0.507 e. The Morgan fingerprint density at radius 1 is 1.26 bits per heavy atom. The molecular formula is C23H25ClN4O3. The molecule has 3 aromatic rings. The van der Waals surface area contributed by atoms with Crippen LogP contribution < -0.4 is 5.32 Å². The fraction of sp³-hybridized carbons (Fsp3) is 0.304. The summed E-state index contributed by atoms with van der Waals surface area (Å²) in [5, 5.41) is 14.6. The van der Waals surface area contributed by atoms with Gasteiger partial charge in [-0.2, -0.15) is 0 Å². The number of carbonyl (C=O) groups is 2. The summed E-state index contributed by atoms with van der Waals surface area (Å²) in [6, 6.07) is 13.8. The monoisotopic (exact) mass is 440 g/mol. The lowest BCUT2D eigenvalue weighted by Gasteiger charge is -2.37. The maximum Gasteiger partial charge on any atom is 0.317 e. The molecule has 1 aromatic heterocycles. The van der Waals surface area contributed by atoms with Gasteiger partial charge in [-0.05, 0) is 49.2 Å². The number of piperidine rings is 1. The van der Waals surface area contributed by atoms with Gasteiger partial charge in [-0.15, -0.1) is 0 Å².